The number of ether oxygens (including phenoxy) is 1. The lowest BCUT2D eigenvalue weighted by atomic mass is 10.0. The summed E-state index contributed by atoms with van der Waals surface area (Å²) in [4.78, 5) is 7.43. The van der Waals surface area contributed by atoms with Crippen LogP contribution in [0.4, 0.5) is 11.4 Å². The van der Waals surface area contributed by atoms with Gasteiger partial charge in [-0.3, -0.25) is 4.98 Å². The molecule has 0 amide bonds. The van der Waals surface area contributed by atoms with Gasteiger partial charge >= 0.3 is 0 Å². The van der Waals surface area contributed by atoms with E-state index in [9.17, 15) is 5.26 Å². The molecule has 4 aromatic rings. The van der Waals surface area contributed by atoms with Crippen molar-refractivity contribution in [3.05, 3.63) is 71.1 Å². The maximum Gasteiger partial charge on any atom is 0.120 e. The highest BCUT2D eigenvalue weighted by Crippen LogP contribution is 2.38. The quantitative estimate of drug-likeness (QED) is 0.462. The molecule has 138 valence electrons. The molecule has 0 aliphatic rings. The molecule has 0 aliphatic heterocycles. The normalized spacial score (nSPS) is 10.6. The van der Waals surface area contributed by atoms with Crippen LogP contribution in [0.15, 0.2) is 55.0 Å². The molecule has 2 N–H and O–H groups in total. The van der Waals surface area contributed by atoms with Gasteiger partial charge in [0.25, 0.3) is 0 Å². The van der Waals surface area contributed by atoms with Crippen molar-refractivity contribution in [3.63, 3.8) is 0 Å². The second-order valence-corrected chi connectivity index (χ2v) is 6.78. The van der Waals surface area contributed by atoms with Crippen LogP contribution in [-0.2, 0) is 0 Å². The van der Waals surface area contributed by atoms with Crippen LogP contribution in [0.1, 0.15) is 11.1 Å². The molecule has 0 fully saturated rings. The zero-order valence-corrected chi connectivity index (χ0v) is 16.1. The predicted octanol–water partition coefficient (Wildman–Crippen LogP) is 5.82. The maximum atomic E-state index is 9.64. The van der Waals surface area contributed by atoms with E-state index in [0.717, 1.165) is 33.3 Å². The van der Waals surface area contributed by atoms with Crippen LogP contribution in [-0.4, -0.2) is 17.1 Å². The van der Waals surface area contributed by atoms with Crippen molar-refractivity contribution in [2.45, 2.75) is 6.92 Å². The van der Waals surface area contributed by atoms with Crippen LogP contribution >= 0.6 is 11.6 Å². The highest BCUT2D eigenvalue weighted by Gasteiger charge is 2.16. The standard InChI is InChI=1S/C22H17ClN4O/c1-13-16-7-8-26-21(16)6-5-20(13)27-22-14(10-24)11-25-12-18(22)17-4-3-15(28-2)9-19(17)23/h3-9,11-12,26H,1-2H3,(H,25,27). The molecule has 4 rings (SSSR count). The smallest absolute Gasteiger partial charge is 0.120 e. The molecular weight excluding hydrogens is 372 g/mol. The average Bonchev–Trinajstić information content (AvgIpc) is 3.20. The number of H-pyrrole nitrogens is 1. The summed E-state index contributed by atoms with van der Waals surface area (Å²) in [5.41, 5.74) is 5.71. The number of nitriles is 1. The molecule has 6 heteroatoms. The number of hydrogen-bond acceptors (Lipinski definition) is 4. The van der Waals surface area contributed by atoms with E-state index in [2.05, 4.69) is 21.4 Å². The van der Waals surface area contributed by atoms with Crippen LogP contribution in [0.5, 0.6) is 5.75 Å². The fourth-order valence-corrected chi connectivity index (χ4v) is 3.55. The van der Waals surface area contributed by atoms with E-state index < -0.39 is 0 Å². The van der Waals surface area contributed by atoms with Gasteiger partial charge < -0.3 is 15.0 Å². The number of aromatic amines is 1. The number of nitrogens with zero attached hydrogens (tertiary/aromatic N) is 2. The van der Waals surface area contributed by atoms with Crippen molar-refractivity contribution in [2.75, 3.05) is 12.4 Å². The summed E-state index contributed by atoms with van der Waals surface area (Å²) < 4.78 is 5.23. The number of fused-ring (bicyclic) bond motifs is 1. The maximum absolute atomic E-state index is 9.64. The largest absolute Gasteiger partial charge is 0.497 e. The van der Waals surface area contributed by atoms with E-state index in [0.29, 0.717) is 22.0 Å². The van der Waals surface area contributed by atoms with E-state index in [1.54, 1.807) is 25.6 Å². The van der Waals surface area contributed by atoms with Gasteiger partial charge in [0.1, 0.15) is 11.8 Å². The van der Waals surface area contributed by atoms with Crippen molar-refractivity contribution in [2.24, 2.45) is 0 Å². The Morgan fingerprint density at radius 1 is 1.14 bits per heavy atom. The van der Waals surface area contributed by atoms with Gasteiger partial charge in [0, 0.05) is 46.3 Å². The Morgan fingerprint density at radius 2 is 2.00 bits per heavy atom. The van der Waals surface area contributed by atoms with Gasteiger partial charge in [-0.05, 0) is 48.9 Å². The Bertz CT molecular complexity index is 1220. The summed E-state index contributed by atoms with van der Waals surface area (Å²) in [6.45, 7) is 2.05. The number of halogens is 1. The van der Waals surface area contributed by atoms with Crippen LogP contribution in [0.2, 0.25) is 5.02 Å². The Labute approximate surface area is 167 Å². The lowest BCUT2D eigenvalue weighted by molar-refractivity contribution is 0.415. The summed E-state index contributed by atoms with van der Waals surface area (Å²) >= 11 is 6.49. The highest BCUT2D eigenvalue weighted by atomic mass is 35.5. The molecule has 0 spiro atoms. The van der Waals surface area contributed by atoms with Crippen molar-refractivity contribution in [1.82, 2.24) is 9.97 Å². The minimum absolute atomic E-state index is 0.443. The third-order valence-corrected chi connectivity index (χ3v) is 5.11. The third-order valence-electron chi connectivity index (χ3n) is 4.80. The molecule has 0 atom stereocenters. The van der Waals surface area contributed by atoms with Crippen LogP contribution in [0.25, 0.3) is 22.0 Å². The van der Waals surface area contributed by atoms with Gasteiger partial charge in [-0.1, -0.05) is 11.6 Å². The molecule has 5 nitrogen and oxygen atoms in total. The second-order valence-electron chi connectivity index (χ2n) is 6.37. The van der Waals surface area contributed by atoms with Crippen molar-refractivity contribution >= 4 is 33.9 Å². The van der Waals surface area contributed by atoms with E-state index in [1.165, 1.54) is 0 Å². The van der Waals surface area contributed by atoms with Gasteiger partial charge in [0.2, 0.25) is 0 Å². The SMILES string of the molecule is COc1ccc(-c2cncc(C#N)c2Nc2ccc3[nH]ccc3c2C)c(Cl)c1. The van der Waals surface area contributed by atoms with E-state index in [1.807, 2.05) is 43.5 Å². The fraction of sp³-hybridized carbons (Fsp3) is 0.0909. The minimum Gasteiger partial charge on any atom is -0.497 e. The molecule has 0 saturated heterocycles. The lowest BCUT2D eigenvalue weighted by Crippen LogP contribution is -2.00. The highest BCUT2D eigenvalue weighted by molar-refractivity contribution is 6.33. The molecule has 0 unspecified atom stereocenters. The molecule has 28 heavy (non-hydrogen) atoms. The Balaban J connectivity index is 1.86. The number of aromatic nitrogens is 2. The van der Waals surface area contributed by atoms with E-state index >= 15 is 0 Å². The molecule has 0 bridgehead atoms. The zero-order chi connectivity index (χ0) is 19.7. The molecule has 2 aromatic carbocycles. The van der Waals surface area contributed by atoms with Crippen molar-refractivity contribution in [1.29, 1.82) is 5.26 Å². The Morgan fingerprint density at radius 3 is 2.75 bits per heavy atom. The minimum atomic E-state index is 0.443. The van der Waals surface area contributed by atoms with Gasteiger partial charge in [0.15, 0.2) is 0 Å². The molecule has 2 aromatic heterocycles. The monoisotopic (exact) mass is 388 g/mol. The number of benzene rings is 2. The first-order chi connectivity index (χ1) is 13.6. The third kappa shape index (κ3) is 3.04. The molecule has 0 saturated carbocycles. The van der Waals surface area contributed by atoms with Gasteiger partial charge in [-0.2, -0.15) is 5.26 Å². The Kier molecular flexibility index (Phi) is 4.64. The number of methoxy groups -OCH3 is 1. The number of anilines is 2. The van der Waals surface area contributed by atoms with Gasteiger partial charge in [-0.15, -0.1) is 0 Å². The summed E-state index contributed by atoms with van der Waals surface area (Å²) in [5.74, 6) is 0.668. The first-order valence-corrected chi connectivity index (χ1v) is 9.06. The van der Waals surface area contributed by atoms with Gasteiger partial charge in [-0.25, -0.2) is 0 Å². The number of hydrogen-bond donors (Lipinski definition) is 2. The van der Waals surface area contributed by atoms with Crippen LogP contribution in [0.3, 0.4) is 0 Å². The van der Waals surface area contributed by atoms with Crippen molar-refractivity contribution < 1.29 is 4.74 Å². The summed E-state index contributed by atoms with van der Waals surface area (Å²) in [6.07, 6.45) is 5.17. The zero-order valence-electron chi connectivity index (χ0n) is 15.4. The second kappa shape index (κ2) is 7.26. The fourth-order valence-electron chi connectivity index (χ4n) is 3.28. The van der Waals surface area contributed by atoms with Crippen LogP contribution < -0.4 is 10.1 Å². The number of pyridine rings is 1. The number of rotatable bonds is 4. The Hall–Kier alpha value is -3.49. The summed E-state index contributed by atoms with van der Waals surface area (Å²) in [6, 6.07) is 13.7. The summed E-state index contributed by atoms with van der Waals surface area (Å²) in [7, 11) is 1.59. The average molecular weight is 389 g/mol. The molecule has 2 heterocycles. The topological polar surface area (TPSA) is 73.7 Å². The first kappa shape index (κ1) is 17.9. The van der Waals surface area contributed by atoms with Crippen molar-refractivity contribution in [3.8, 4) is 22.9 Å². The number of aryl methyl sites for hydroxylation is 1. The lowest BCUT2D eigenvalue weighted by Gasteiger charge is -2.17. The van der Waals surface area contributed by atoms with E-state index in [4.69, 9.17) is 16.3 Å². The molecule has 0 aliphatic carbocycles. The first-order valence-electron chi connectivity index (χ1n) is 8.68. The predicted molar refractivity (Wildman–Crippen MR) is 112 cm³/mol. The van der Waals surface area contributed by atoms with E-state index in [-0.39, 0.29) is 0 Å². The molecule has 0 radical (unpaired) electrons. The van der Waals surface area contributed by atoms with Gasteiger partial charge in [0.05, 0.1) is 23.4 Å². The van der Waals surface area contributed by atoms with Crippen LogP contribution in [0, 0.1) is 18.3 Å². The summed E-state index contributed by atoms with van der Waals surface area (Å²) in [5, 5.41) is 14.7. The molecular formula is C22H17ClN4O. The number of nitrogens with one attached hydrogen (secondary N) is 2.